The molecule has 0 bridgehead atoms. The first kappa shape index (κ1) is 18.0. The topological polar surface area (TPSA) is 81.7 Å². The molecule has 1 aliphatic rings. The summed E-state index contributed by atoms with van der Waals surface area (Å²) in [7, 11) is 0. The van der Waals surface area contributed by atoms with Crippen LogP contribution in [0.25, 0.3) is 0 Å². The molecule has 1 aromatic rings. The van der Waals surface area contributed by atoms with Gasteiger partial charge in [-0.05, 0) is 31.9 Å². The first-order valence-corrected chi connectivity index (χ1v) is 7.98. The number of carbonyl (C=O) groups is 3. The first-order chi connectivity index (χ1) is 11.2. The summed E-state index contributed by atoms with van der Waals surface area (Å²) < 4.78 is 10.1. The molecular weight excluding hydrogens is 310 g/mol. The van der Waals surface area contributed by atoms with Crippen LogP contribution in [0.15, 0.2) is 24.3 Å². The van der Waals surface area contributed by atoms with Crippen LogP contribution in [0.1, 0.15) is 38.3 Å². The highest BCUT2D eigenvalue weighted by molar-refractivity contribution is 5.86. The summed E-state index contributed by atoms with van der Waals surface area (Å²) in [6, 6.07) is 6.66. The Morgan fingerprint density at radius 3 is 2.25 bits per heavy atom. The van der Waals surface area contributed by atoms with Gasteiger partial charge >= 0.3 is 11.9 Å². The summed E-state index contributed by atoms with van der Waals surface area (Å²) in [5.41, 5.74) is 1.14. The van der Waals surface area contributed by atoms with Gasteiger partial charge in [0.25, 0.3) is 0 Å². The largest absolute Gasteiger partial charge is 0.464 e. The normalized spacial score (nSPS) is 17.3. The first-order valence-electron chi connectivity index (χ1n) is 7.98. The number of hydrogen-bond acceptors (Lipinski definition) is 5. The van der Waals surface area contributed by atoms with Gasteiger partial charge in [0, 0.05) is 6.42 Å². The van der Waals surface area contributed by atoms with Gasteiger partial charge in [0.15, 0.2) is 0 Å². The lowest BCUT2D eigenvalue weighted by atomic mass is 10.1. The van der Waals surface area contributed by atoms with E-state index in [0.717, 1.165) is 11.1 Å². The van der Waals surface area contributed by atoms with Gasteiger partial charge in [-0.2, -0.15) is 0 Å². The van der Waals surface area contributed by atoms with E-state index < -0.39 is 11.6 Å². The lowest BCUT2D eigenvalue weighted by molar-refractivity contribution is -0.154. The van der Waals surface area contributed by atoms with Gasteiger partial charge in [-0.3, -0.25) is 9.59 Å². The number of ether oxygens (including phenoxy) is 2. The van der Waals surface area contributed by atoms with Crippen molar-refractivity contribution < 1.29 is 23.9 Å². The van der Waals surface area contributed by atoms with Crippen molar-refractivity contribution in [2.45, 2.75) is 51.7 Å². The summed E-state index contributed by atoms with van der Waals surface area (Å²) in [5.74, 6) is -0.887. The molecule has 2 rings (SSSR count). The van der Waals surface area contributed by atoms with E-state index in [0.29, 0.717) is 13.0 Å². The molecule has 1 fully saturated rings. The number of esters is 2. The molecule has 0 unspecified atom stereocenters. The average Bonchev–Trinajstić information content (AvgIpc) is 2.84. The molecule has 0 aliphatic carbocycles. The summed E-state index contributed by atoms with van der Waals surface area (Å²) >= 11 is 0. The third-order valence-electron chi connectivity index (χ3n) is 3.43. The van der Waals surface area contributed by atoms with Crippen LogP contribution in [0, 0.1) is 0 Å². The second-order valence-corrected chi connectivity index (χ2v) is 6.83. The van der Waals surface area contributed by atoms with Gasteiger partial charge in [-0.15, -0.1) is 0 Å². The quantitative estimate of drug-likeness (QED) is 0.827. The standard InChI is InChI=1S/C18H23NO5/c1-18(2,3)24-16(21)11-13-6-4-12(5-7-13)10-15(20)19-14-8-9-23-17(14)22/h4-7,14H,8-11H2,1-3H3,(H,19,20)/t14-/m0/s1. The van der Waals surface area contributed by atoms with E-state index >= 15 is 0 Å². The molecule has 1 heterocycles. The lowest BCUT2D eigenvalue weighted by Gasteiger charge is -2.19. The minimum absolute atomic E-state index is 0.177. The SMILES string of the molecule is CC(C)(C)OC(=O)Cc1ccc(CC(=O)N[C@H]2CCOC2=O)cc1. The fourth-order valence-electron chi connectivity index (χ4n) is 2.38. The van der Waals surface area contributed by atoms with E-state index in [1.165, 1.54) is 0 Å². The Hall–Kier alpha value is -2.37. The van der Waals surface area contributed by atoms with E-state index in [1.54, 1.807) is 24.3 Å². The summed E-state index contributed by atoms with van der Waals surface area (Å²) in [4.78, 5) is 35.1. The summed E-state index contributed by atoms with van der Waals surface area (Å²) in [5, 5.41) is 2.66. The minimum Gasteiger partial charge on any atom is -0.464 e. The summed E-state index contributed by atoms with van der Waals surface area (Å²) in [6.07, 6.45) is 0.882. The lowest BCUT2D eigenvalue weighted by Crippen LogP contribution is -2.38. The maximum Gasteiger partial charge on any atom is 0.328 e. The molecule has 1 aliphatic heterocycles. The van der Waals surface area contributed by atoms with E-state index in [9.17, 15) is 14.4 Å². The molecule has 1 N–H and O–H groups in total. The van der Waals surface area contributed by atoms with Crippen LogP contribution in [-0.2, 0) is 36.7 Å². The molecule has 6 heteroatoms. The van der Waals surface area contributed by atoms with Crippen molar-refractivity contribution in [3.8, 4) is 0 Å². The van der Waals surface area contributed by atoms with Gasteiger partial charge in [0.05, 0.1) is 19.4 Å². The number of carbonyl (C=O) groups excluding carboxylic acids is 3. The second-order valence-electron chi connectivity index (χ2n) is 6.83. The number of nitrogens with one attached hydrogen (secondary N) is 1. The molecule has 0 spiro atoms. The fraction of sp³-hybridized carbons (Fsp3) is 0.500. The highest BCUT2D eigenvalue weighted by Crippen LogP contribution is 2.12. The predicted molar refractivity (Wildman–Crippen MR) is 87.2 cm³/mol. The number of amides is 1. The van der Waals surface area contributed by atoms with Crippen LogP contribution >= 0.6 is 0 Å². The molecule has 1 amide bonds. The molecule has 1 aromatic carbocycles. The molecule has 130 valence electrons. The van der Waals surface area contributed by atoms with E-state index in [4.69, 9.17) is 9.47 Å². The Labute approximate surface area is 141 Å². The number of cyclic esters (lactones) is 1. The minimum atomic E-state index is -0.538. The fourth-order valence-corrected chi connectivity index (χ4v) is 2.38. The van der Waals surface area contributed by atoms with Gasteiger partial charge in [0.1, 0.15) is 11.6 Å². The number of rotatable bonds is 5. The maximum atomic E-state index is 11.9. The van der Waals surface area contributed by atoms with Gasteiger partial charge < -0.3 is 14.8 Å². The Morgan fingerprint density at radius 2 is 1.75 bits per heavy atom. The van der Waals surface area contributed by atoms with E-state index in [1.807, 2.05) is 20.8 Å². The molecule has 1 atom stereocenters. The van der Waals surface area contributed by atoms with Crippen molar-refractivity contribution in [1.29, 1.82) is 0 Å². The van der Waals surface area contributed by atoms with Crippen molar-refractivity contribution in [2.75, 3.05) is 6.61 Å². The Morgan fingerprint density at radius 1 is 1.17 bits per heavy atom. The highest BCUT2D eigenvalue weighted by Gasteiger charge is 2.27. The molecule has 1 saturated heterocycles. The molecule has 0 aromatic heterocycles. The highest BCUT2D eigenvalue weighted by atomic mass is 16.6. The number of benzene rings is 1. The van der Waals surface area contributed by atoms with E-state index in [-0.39, 0.29) is 30.7 Å². The molecular formula is C18H23NO5. The van der Waals surface area contributed by atoms with Crippen molar-refractivity contribution in [3.05, 3.63) is 35.4 Å². The zero-order chi connectivity index (χ0) is 17.7. The third kappa shape index (κ3) is 5.68. The van der Waals surface area contributed by atoms with Gasteiger partial charge in [0.2, 0.25) is 5.91 Å². The second kappa shape index (κ2) is 7.47. The van der Waals surface area contributed by atoms with Crippen molar-refractivity contribution in [1.82, 2.24) is 5.32 Å². The third-order valence-corrected chi connectivity index (χ3v) is 3.43. The van der Waals surface area contributed by atoms with Crippen molar-refractivity contribution >= 4 is 17.8 Å². The molecule has 0 radical (unpaired) electrons. The van der Waals surface area contributed by atoms with E-state index in [2.05, 4.69) is 5.32 Å². The van der Waals surface area contributed by atoms with Crippen LogP contribution in [0.2, 0.25) is 0 Å². The molecule has 0 saturated carbocycles. The Bertz CT molecular complexity index is 615. The maximum absolute atomic E-state index is 11.9. The van der Waals surface area contributed by atoms with Crippen LogP contribution in [0.5, 0.6) is 0 Å². The predicted octanol–water partition coefficient (Wildman–Crippen LogP) is 1.54. The van der Waals surface area contributed by atoms with Gasteiger partial charge in [-0.25, -0.2) is 4.79 Å². The molecule has 24 heavy (non-hydrogen) atoms. The van der Waals surface area contributed by atoms with Crippen LogP contribution in [-0.4, -0.2) is 36.1 Å². The van der Waals surface area contributed by atoms with Crippen LogP contribution in [0.4, 0.5) is 0 Å². The van der Waals surface area contributed by atoms with Crippen molar-refractivity contribution in [3.63, 3.8) is 0 Å². The van der Waals surface area contributed by atoms with Crippen LogP contribution < -0.4 is 5.32 Å². The zero-order valence-electron chi connectivity index (χ0n) is 14.3. The Kier molecular flexibility index (Phi) is 5.59. The molecule has 6 nitrogen and oxygen atoms in total. The Balaban J connectivity index is 1.84. The monoisotopic (exact) mass is 333 g/mol. The smallest absolute Gasteiger partial charge is 0.328 e. The van der Waals surface area contributed by atoms with Gasteiger partial charge in [-0.1, -0.05) is 24.3 Å². The average molecular weight is 333 g/mol. The van der Waals surface area contributed by atoms with Crippen molar-refractivity contribution in [2.24, 2.45) is 0 Å². The zero-order valence-corrected chi connectivity index (χ0v) is 14.3. The number of hydrogen-bond donors (Lipinski definition) is 1. The van der Waals surface area contributed by atoms with Crippen LogP contribution in [0.3, 0.4) is 0 Å². The summed E-state index contributed by atoms with van der Waals surface area (Å²) in [6.45, 7) is 5.83.